The lowest BCUT2D eigenvalue weighted by Crippen LogP contribution is -2.51. The number of aliphatic hydroxyl groups excluding tert-OH is 1. The molecular weight excluding hydrogens is 236 g/mol. The zero-order chi connectivity index (χ0) is 13.7. The lowest BCUT2D eigenvalue weighted by molar-refractivity contribution is -0.139. The Kier molecular flexibility index (Phi) is 5.40. The van der Waals surface area contributed by atoms with Gasteiger partial charge in [0.1, 0.15) is 6.04 Å². The molecular formula is C12H22N2O4. The van der Waals surface area contributed by atoms with Crippen LogP contribution in [-0.4, -0.2) is 52.9 Å². The Labute approximate surface area is 107 Å². The molecule has 6 heteroatoms. The van der Waals surface area contributed by atoms with E-state index in [1.807, 2.05) is 0 Å². The highest BCUT2D eigenvalue weighted by atomic mass is 16.4. The van der Waals surface area contributed by atoms with Gasteiger partial charge in [-0.3, -0.25) is 0 Å². The second-order valence-corrected chi connectivity index (χ2v) is 5.04. The molecule has 0 aromatic rings. The maximum Gasteiger partial charge on any atom is 0.326 e. The first-order valence-electron chi connectivity index (χ1n) is 6.34. The quantitative estimate of drug-likeness (QED) is 0.685. The van der Waals surface area contributed by atoms with Crippen molar-refractivity contribution in [1.29, 1.82) is 0 Å². The van der Waals surface area contributed by atoms with Crippen LogP contribution in [0.5, 0.6) is 0 Å². The van der Waals surface area contributed by atoms with Crippen LogP contribution in [0.3, 0.4) is 0 Å². The molecule has 1 saturated heterocycles. The molecule has 1 rings (SSSR count). The summed E-state index contributed by atoms with van der Waals surface area (Å²) in [6.45, 7) is 5.30. The number of piperidine rings is 1. The fourth-order valence-electron chi connectivity index (χ4n) is 2.07. The minimum absolute atomic E-state index is 0.0286. The first kappa shape index (κ1) is 14.8. The molecule has 3 N–H and O–H groups in total. The number of hydrogen-bond donors (Lipinski definition) is 3. The van der Waals surface area contributed by atoms with Crippen LogP contribution in [0.15, 0.2) is 0 Å². The van der Waals surface area contributed by atoms with Crippen molar-refractivity contribution in [2.45, 2.75) is 32.7 Å². The predicted molar refractivity (Wildman–Crippen MR) is 66.2 cm³/mol. The van der Waals surface area contributed by atoms with Crippen LogP contribution in [0.25, 0.3) is 0 Å². The number of carboxylic acid groups (broad SMARTS) is 1. The van der Waals surface area contributed by atoms with Crippen molar-refractivity contribution in [3.05, 3.63) is 0 Å². The number of nitrogens with zero attached hydrogens (tertiary/aromatic N) is 1. The molecule has 6 nitrogen and oxygen atoms in total. The van der Waals surface area contributed by atoms with Crippen molar-refractivity contribution in [1.82, 2.24) is 10.2 Å². The van der Waals surface area contributed by atoms with E-state index in [0.717, 1.165) is 6.42 Å². The summed E-state index contributed by atoms with van der Waals surface area (Å²) in [5.74, 6) is -0.108. The standard InChI is InChI=1S/C12H22N2O4/c1-8-3-5-14(7-9(8)2)12(18)13-10(4-6-15)11(16)17/h8-10,15H,3-7H2,1-2H3,(H,13,18)(H,16,17)/t8?,9?,10-/m1/s1. The summed E-state index contributed by atoms with van der Waals surface area (Å²) in [6.07, 6.45) is 0.965. The minimum Gasteiger partial charge on any atom is -0.480 e. The average molecular weight is 258 g/mol. The Morgan fingerprint density at radius 3 is 2.56 bits per heavy atom. The van der Waals surface area contributed by atoms with E-state index in [9.17, 15) is 9.59 Å². The van der Waals surface area contributed by atoms with Crippen molar-refractivity contribution in [3.63, 3.8) is 0 Å². The molecule has 0 spiro atoms. The van der Waals surface area contributed by atoms with E-state index in [1.165, 1.54) is 0 Å². The summed E-state index contributed by atoms with van der Waals surface area (Å²) in [6, 6.07) is -1.37. The van der Waals surface area contributed by atoms with E-state index in [4.69, 9.17) is 10.2 Å². The van der Waals surface area contributed by atoms with Gasteiger partial charge in [-0.1, -0.05) is 13.8 Å². The van der Waals surface area contributed by atoms with Crippen LogP contribution in [0.2, 0.25) is 0 Å². The molecule has 1 aliphatic heterocycles. The number of carbonyl (C=O) groups is 2. The SMILES string of the molecule is CC1CCN(C(=O)N[C@H](CCO)C(=O)O)CC1C. The monoisotopic (exact) mass is 258 g/mol. The number of urea groups is 1. The Bertz CT molecular complexity index is 308. The molecule has 1 fully saturated rings. The van der Waals surface area contributed by atoms with Crippen molar-refractivity contribution >= 4 is 12.0 Å². The third-order valence-corrected chi connectivity index (χ3v) is 3.63. The molecule has 0 bridgehead atoms. The van der Waals surface area contributed by atoms with Crippen molar-refractivity contribution in [2.75, 3.05) is 19.7 Å². The van der Waals surface area contributed by atoms with Gasteiger partial charge in [-0.25, -0.2) is 9.59 Å². The second kappa shape index (κ2) is 6.58. The second-order valence-electron chi connectivity index (χ2n) is 5.04. The van der Waals surface area contributed by atoms with Crippen LogP contribution >= 0.6 is 0 Å². The fourth-order valence-corrected chi connectivity index (χ4v) is 2.07. The molecule has 0 aromatic heterocycles. The van der Waals surface area contributed by atoms with Gasteiger partial charge in [0.05, 0.1) is 0 Å². The molecule has 0 radical (unpaired) electrons. The third-order valence-electron chi connectivity index (χ3n) is 3.63. The van der Waals surface area contributed by atoms with Gasteiger partial charge in [-0.05, 0) is 18.3 Å². The van der Waals surface area contributed by atoms with Gasteiger partial charge in [0.25, 0.3) is 0 Å². The number of likely N-dealkylation sites (tertiary alicyclic amines) is 1. The summed E-state index contributed by atoms with van der Waals surface area (Å²) >= 11 is 0. The molecule has 0 saturated carbocycles. The normalized spacial score (nSPS) is 25.6. The molecule has 104 valence electrons. The number of carbonyl (C=O) groups excluding carboxylic acids is 1. The summed E-state index contributed by atoms with van der Waals surface area (Å²) in [5.41, 5.74) is 0. The number of amides is 2. The molecule has 1 heterocycles. The van der Waals surface area contributed by atoms with Crippen molar-refractivity contribution in [3.8, 4) is 0 Å². The molecule has 2 amide bonds. The highest BCUT2D eigenvalue weighted by Gasteiger charge is 2.28. The van der Waals surface area contributed by atoms with Gasteiger partial charge < -0.3 is 20.4 Å². The van der Waals surface area contributed by atoms with E-state index >= 15 is 0 Å². The fraction of sp³-hybridized carbons (Fsp3) is 0.833. The zero-order valence-corrected chi connectivity index (χ0v) is 10.9. The summed E-state index contributed by atoms with van der Waals surface area (Å²) in [5, 5.41) is 20.1. The van der Waals surface area contributed by atoms with Gasteiger partial charge in [-0.2, -0.15) is 0 Å². The van der Waals surface area contributed by atoms with Crippen molar-refractivity contribution < 1.29 is 19.8 Å². The number of aliphatic hydroxyl groups is 1. The minimum atomic E-state index is -1.11. The van der Waals surface area contributed by atoms with Gasteiger partial charge in [-0.15, -0.1) is 0 Å². The lowest BCUT2D eigenvalue weighted by atomic mass is 9.89. The highest BCUT2D eigenvalue weighted by Crippen LogP contribution is 2.22. The number of hydrogen-bond acceptors (Lipinski definition) is 3. The molecule has 2 unspecified atom stereocenters. The van der Waals surface area contributed by atoms with Crippen molar-refractivity contribution in [2.24, 2.45) is 11.8 Å². The van der Waals surface area contributed by atoms with Crippen LogP contribution in [0.4, 0.5) is 4.79 Å². The maximum absolute atomic E-state index is 11.9. The highest BCUT2D eigenvalue weighted by molar-refractivity contribution is 5.82. The number of carboxylic acids is 1. The topological polar surface area (TPSA) is 89.9 Å². The number of aliphatic carboxylic acids is 1. The smallest absolute Gasteiger partial charge is 0.326 e. The largest absolute Gasteiger partial charge is 0.480 e. The first-order valence-corrected chi connectivity index (χ1v) is 6.34. The van der Waals surface area contributed by atoms with E-state index in [0.29, 0.717) is 24.9 Å². The number of rotatable bonds is 4. The summed E-state index contributed by atoms with van der Waals surface area (Å²) < 4.78 is 0. The lowest BCUT2D eigenvalue weighted by Gasteiger charge is -2.35. The van der Waals surface area contributed by atoms with Gasteiger partial charge in [0, 0.05) is 26.1 Å². The van der Waals surface area contributed by atoms with Gasteiger partial charge in [0.2, 0.25) is 0 Å². The summed E-state index contributed by atoms with van der Waals surface area (Å²) in [7, 11) is 0. The molecule has 0 aliphatic carbocycles. The first-order chi connectivity index (χ1) is 8.45. The molecule has 0 aromatic carbocycles. The van der Waals surface area contributed by atoms with Gasteiger partial charge >= 0.3 is 12.0 Å². The van der Waals surface area contributed by atoms with Crippen LogP contribution in [-0.2, 0) is 4.79 Å². The average Bonchev–Trinajstić information content (AvgIpc) is 2.31. The van der Waals surface area contributed by atoms with E-state index in [-0.39, 0.29) is 19.1 Å². The molecule has 18 heavy (non-hydrogen) atoms. The summed E-state index contributed by atoms with van der Waals surface area (Å²) in [4.78, 5) is 24.4. The van der Waals surface area contributed by atoms with E-state index in [2.05, 4.69) is 19.2 Å². The number of nitrogens with one attached hydrogen (secondary N) is 1. The molecule has 1 aliphatic rings. The van der Waals surface area contributed by atoms with Gasteiger partial charge in [0.15, 0.2) is 0 Å². The Hall–Kier alpha value is -1.30. The van der Waals surface area contributed by atoms with E-state index in [1.54, 1.807) is 4.90 Å². The van der Waals surface area contributed by atoms with Crippen LogP contribution < -0.4 is 5.32 Å². The zero-order valence-electron chi connectivity index (χ0n) is 10.9. The Morgan fingerprint density at radius 2 is 2.06 bits per heavy atom. The molecule has 3 atom stereocenters. The predicted octanol–water partition coefficient (Wildman–Crippen LogP) is 0.509. The van der Waals surface area contributed by atoms with Crippen LogP contribution in [0.1, 0.15) is 26.7 Å². The van der Waals surface area contributed by atoms with E-state index < -0.39 is 12.0 Å². The Balaban J connectivity index is 2.51. The van der Waals surface area contributed by atoms with Crippen LogP contribution in [0, 0.1) is 11.8 Å². The third kappa shape index (κ3) is 3.87. The maximum atomic E-state index is 11.9. The Morgan fingerprint density at radius 1 is 1.39 bits per heavy atom.